The number of nitrogens with zero attached hydrogens (tertiary/aromatic N) is 3. The molecular formula is C18H16N4OS. The molecule has 0 spiro atoms. The first-order valence-corrected chi connectivity index (χ1v) is 8.26. The number of amides is 1. The van der Waals surface area contributed by atoms with Crippen LogP contribution in [0.1, 0.15) is 32.1 Å². The fourth-order valence-corrected chi connectivity index (χ4v) is 3.49. The van der Waals surface area contributed by atoms with Crippen molar-refractivity contribution >= 4 is 22.2 Å². The standard InChI is InChI=1S/C18H16N4OS/c1-11-13(3)24-18(15(11)9-19)21-17(23)16-10-20-22(12(16)2)14-7-5-4-6-8-14/h4-8,10H,1-3H3,(H,21,23). The maximum absolute atomic E-state index is 12.6. The van der Waals surface area contributed by atoms with Crippen molar-refractivity contribution in [3.63, 3.8) is 0 Å². The lowest BCUT2D eigenvalue weighted by atomic mass is 10.2. The highest BCUT2D eigenvalue weighted by Gasteiger charge is 2.19. The summed E-state index contributed by atoms with van der Waals surface area (Å²) in [5, 5.41) is 17.0. The zero-order valence-corrected chi connectivity index (χ0v) is 14.4. The van der Waals surface area contributed by atoms with E-state index in [1.54, 1.807) is 10.9 Å². The minimum atomic E-state index is -0.257. The number of aryl methyl sites for hydroxylation is 1. The lowest BCUT2D eigenvalue weighted by Gasteiger charge is -2.06. The molecule has 1 N–H and O–H groups in total. The van der Waals surface area contributed by atoms with E-state index in [1.807, 2.05) is 51.1 Å². The first-order chi connectivity index (χ1) is 11.5. The topological polar surface area (TPSA) is 70.7 Å². The molecule has 0 atom stereocenters. The summed E-state index contributed by atoms with van der Waals surface area (Å²) in [4.78, 5) is 13.6. The molecule has 24 heavy (non-hydrogen) atoms. The number of carbonyl (C=O) groups is 1. The van der Waals surface area contributed by atoms with Crippen LogP contribution in [0.15, 0.2) is 36.5 Å². The van der Waals surface area contributed by atoms with E-state index in [9.17, 15) is 10.1 Å². The van der Waals surface area contributed by atoms with Crippen molar-refractivity contribution in [1.29, 1.82) is 5.26 Å². The van der Waals surface area contributed by atoms with Crippen LogP contribution < -0.4 is 5.32 Å². The normalized spacial score (nSPS) is 10.4. The van der Waals surface area contributed by atoms with Gasteiger partial charge in [0, 0.05) is 4.88 Å². The van der Waals surface area contributed by atoms with Crippen LogP contribution >= 0.6 is 11.3 Å². The average Bonchev–Trinajstić information content (AvgIpc) is 3.09. The molecule has 0 aliphatic rings. The lowest BCUT2D eigenvalue weighted by Crippen LogP contribution is -2.13. The van der Waals surface area contributed by atoms with E-state index >= 15 is 0 Å². The Morgan fingerprint density at radius 3 is 2.62 bits per heavy atom. The van der Waals surface area contributed by atoms with Gasteiger partial charge in [0.2, 0.25) is 0 Å². The van der Waals surface area contributed by atoms with E-state index in [0.29, 0.717) is 16.1 Å². The summed E-state index contributed by atoms with van der Waals surface area (Å²) >= 11 is 1.42. The number of hydrogen-bond donors (Lipinski definition) is 1. The van der Waals surface area contributed by atoms with Gasteiger partial charge in [0.25, 0.3) is 5.91 Å². The van der Waals surface area contributed by atoms with Gasteiger partial charge in [-0.15, -0.1) is 11.3 Å². The summed E-state index contributed by atoms with van der Waals surface area (Å²) in [6.07, 6.45) is 1.55. The van der Waals surface area contributed by atoms with Gasteiger partial charge in [-0.05, 0) is 38.5 Å². The molecule has 6 heteroatoms. The molecule has 3 aromatic rings. The molecule has 1 aromatic carbocycles. The van der Waals surface area contributed by atoms with Crippen LogP contribution in [0.2, 0.25) is 0 Å². The van der Waals surface area contributed by atoms with Gasteiger partial charge < -0.3 is 5.32 Å². The highest BCUT2D eigenvalue weighted by atomic mass is 32.1. The summed E-state index contributed by atoms with van der Waals surface area (Å²) in [6, 6.07) is 11.8. The van der Waals surface area contributed by atoms with Gasteiger partial charge in [-0.3, -0.25) is 4.79 Å². The third-order valence-electron chi connectivity index (χ3n) is 3.98. The van der Waals surface area contributed by atoms with Crippen molar-refractivity contribution in [3.8, 4) is 11.8 Å². The second kappa shape index (κ2) is 6.30. The van der Waals surface area contributed by atoms with Crippen LogP contribution in [0.3, 0.4) is 0 Å². The second-order valence-corrected chi connectivity index (χ2v) is 6.67. The van der Waals surface area contributed by atoms with Crippen LogP contribution in [-0.4, -0.2) is 15.7 Å². The van der Waals surface area contributed by atoms with E-state index in [1.165, 1.54) is 11.3 Å². The molecular weight excluding hydrogens is 320 g/mol. The number of hydrogen-bond acceptors (Lipinski definition) is 4. The van der Waals surface area contributed by atoms with Gasteiger partial charge in [-0.25, -0.2) is 4.68 Å². The van der Waals surface area contributed by atoms with Gasteiger partial charge in [0.1, 0.15) is 11.1 Å². The van der Waals surface area contributed by atoms with Gasteiger partial charge >= 0.3 is 0 Å². The predicted molar refractivity (Wildman–Crippen MR) is 94.8 cm³/mol. The monoisotopic (exact) mass is 336 g/mol. The SMILES string of the molecule is Cc1sc(NC(=O)c2cnn(-c3ccccc3)c2C)c(C#N)c1C. The smallest absolute Gasteiger partial charge is 0.259 e. The number of carbonyl (C=O) groups excluding carboxylic acids is 1. The van der Waals surface area contributed by atoms with E-state index in [2.05, 4.69) is 16.5 Å². The maximum atomic E-state index is 12.6. The number of anilines is 1. The van der Waals surface area contributed by atoms with E-state index in [-0.39, 0.29) is 5.91 Å². The molecule has 2 aromatic heterocycles. The molecule has 1 amide bonds. The zero-order valence-electron chi connectivity index (χ0n) is 13.6. The summed E-state index contributed by atoms with van der Waals surface area (Å²) in [5.74, 6) is -0.257. The summed E-state index contributed by atoms with van der Waals surface area (Å²) < 4.78 is 1.73. The molecule has 0 radical (unpaired) electrons. The molecule has 0 unspecified atom stereocenters. The first kappa shape index (κ1) is 16.0. The molecule has 120 valence electrons. The van der Waals surface area contributed by atoms with Crippen LogP contribution in [-0.2, 0) is 0 Å². The number of para-hydroxylation sites is 1. The Bertz CT molecular complexity index is 948. The van der Waals surface area contributed by atoms with Crippen LogP contribution in [0.5, 0.6) is 0 Å². The predicted octanol–water partition coefficient (Wildman–Crippen LogP) is 3.98. The van der Waals surface area contributed by atoms with Gasteiger partial charge in [0.15, 0.2) is 0 Å². The van der Waals surface area contributed by atoms with Crippen LogP contribution in [0.25, 0.3) is 5.69 Å². The third-order valence-corrected chi connectivity index (χ3v) is 5.10. The van der Waals surface area contributed by atoms with Crippen LogP contribution in [0.4, 0.5) is 5.00 Å². The molecule has 0 fully saturated rings. The third kappa shape index (κ3) is 2.70. The molecule has 0 aliphatic heterocycles. The largest absolute Gasteiger partial charge is 0.312 e. The van der Waals surface area contributed by atoms with Crippen molar-refractivity contribution in [3.05, 3.63) is 63.8 Å². The van der Waals surface area contributed by atoms with Crippen molar-refractivity contribution in [2.24, 2.45) is 0 Å². The Morgan fingerprint density at radius 1 is 1.25 bits per heavy atom. The Labute approximate surface area is 144 Å². The summed E-state index contributed by atoms with van der Waals surface area (Å²) in [5.41, 5.74) is 3.58. The number of thiophene rings is 1. The fourth-order valence-electron chi connectivity index (χ4n) is 2.48. The highest BCUT2D eigenvalue weighted by Crippen LogP contribution is 2.32. The van der Waals surface area contributed by atoms with Crippen molar-refractivity contribution < 1.29 is 4.79 Å². The number of benzene rings is 1. The minimum Gasteiger partial charge on any atom is -0.312 e. The van der Waals surface area contributed by atoms with Gasteiger partial charge in [-0.2, -0.15) is 10.4 Å². The minimum absolute atomic E-state index is 0.257. The molecule has 5 nitrogen and oxygen atoms in total. The van der Waals surface area contributed by atoms with Gasteiger partial charge in [-0.1, -0.05) is 18.2 Å². The van der Waals surface area contributed by atoms with Crippen molar-refractivity contribution in [2.45, 2.75) is 20.8 Å². The van der Waals surface area contributed by atoms with E-state index in [0.717, 1.165) is 21.8 Å². The Kier molecular flexibility index (Phi) is 4.19. The Morgan fingerprint density at radius 2 is 1.96 bits per heavy atom. The summed E-state index contributed by atoms with van der Waals surface area (Å²) in [7, 11) is 0. The molecule has 0 saturated heterocycles. The van der Waals surface area contributed by atoms with Crippen LogP contribution in [0, 0.1) is 32.1 Å². The molecule has 0 bridgehead atoms. The average molecular weight is 336 g/mol. The van der Waals surface area contributed by atoms with Crippen molar-refractivity contribution in [1.82, 2.24) is 9.78 Å². The van der Waals surface area contributed by atoms with E-state index in [4.69, 9.17) is 0 Å². The summed E-state index contributed by atoms with van der Waals surface area (Å²) in [6.45, 7) is 5.68. The molecule has 0 saturated carbocycles. The maximum Gasteiger partial charge on any atom is 0.259 e. The highest BCUT2D eigenvalue weighted by molar-refractivity contribution is 7.16. The number of rotatable bonds is 3. The zero-order chi connectivity index (χ0) is 17.3. The Hall–Kier alpha value is -2.91. The lowest BCUT2D eigenvalue weighted by molar-refractivity contribution is 0.102. The number of nitrogens with one attached hydrogen (secondary N) is 1. The van der Waals surface area contributed by atoms with Gasteiger partial charge in [0.05, 0.1) is 28.7 Å². The molecule has 0 aliphatic carbocycles. The quantitative estimate of drug-likeness (QED) is 0.786. The first-order valence-electron chi connectivity index (χ1n) is 7.44. The number of aromatic nitrogens is 2. The fraction of sp³-hybridized carbons (Fsp3) is 0.167. The second-order valence-electron chi connectivity index (χ2n) is 5.44. The van der Waals surface area contributed by atoms with E-state index < -0.39 is 0 Å². The number of nitriles is 1. The molecule has 2 heterocycles. The molecule has 3 rings (SSSR count). The Balaban J connectivity index is 1.91. The van der Waals surface area contributed by atoms with Crippen molar-refractivity contribution in [2.75, 3.05) is 5.32 Å².